The molecule has 0 fully saturated rings. The molecule has 1 aromatic rings. The molecule has 1 atom stereocenters. The number of halogens is 3. The van der Waals surface area contributed by atoms with Gasteiger partial charge in [-0.25, -0.2) is 0 Å². The summed E-state index contributed by atoms with van der Waals surface area (Å²) in [4.78, 5) is 0. The normalized spacial score (nSPS) is 13.6. The number of ether oxygens (including phenoxy) is 1. The van der Waals surface area contributed by atoms with Crippen LogP contribution in [0.25, 0.3) is 0 Å². The van der Waals surface area contributed by atoms with Crippen molar-refractivity contribution in [1.29, 1.82) is 0 Å². The molecule has 0 aliphatic rings. The largest absolute Gasteiger partial charge is 0.411 e. The van der Waals surface area contributed by atoms with Crippen molar-refractivity contribution in [3.8, 4) is 0 Å². The summed E-state index contributed by atoms with van der Waals surface area (Å²) in [5, 5.41) is 3.07. The number of alkyl halides is 3. The van der Waals surface area contributed by atoms with Crippen LogP contribution in [-0.2, 0) is 4.74 Å². The maximum Gasteiger partial charge on any atom is 0.411 e. The maximum absolute atomic E-state index is 12.2. The van der Waals surface area contributed by atoms with Crippen LogP contribution >= 0.6 is 0 Å². The Morgan fingerprint density at radius 1 is 0.905 bits per heavy atom. The van der Waals surface area contributed by atoms with Crippen LogP contribution in [0.3, 0.4) is 0 Å². The highest BCUT2D eigenvalue weighted by atomic mass is 19.4. The fourth-order valence-corrected chi connectivity index (χ4v) is 2.66. The predicted octanol–water partition coefficient (Wildman–Crippen LogP) is 4.07. The van der Waals surface area contributed by atoms with Crippen LogP contribution < -0.4 is 5.32 Å². The molecule has 0 aromatic heterocycles. The number of hydrogen-bond acceptors (Lipinski definition) is 2. The first-order chi connectivity index (χ1) is 9.60. The second kappa shape index (κ2) is 6.79. The summed E-state index contributed by atoms with van der Waals surface area (Å²) in [6, 6.07) is -0.245. The van der Waals surface area contributed by atoms with E-state index >= 15 is 0 Å². The summed E-state index contributed by atoms with van der Waals surface area (Å²) in [7, 11) is 1.74. The third-order valence-corrected chi connectivity index (χ3v) is 4.31. The highest BCUT2D eigenvalue weighted by Gasteiger charge is 2.28. The zero-order valence-corrected chi connectivity index (χ0v) is 13.5. The Bertz CT molecular complexity index is 480. The predicted molar refractivity (Wildman–Crippen MR) is 78.8 cm³/mol. The first-order valence-electron chi connectivity index (χ1n) is 6.98. The van der Waals surface area contributed by atoms with Crippen LogP contribution in [0.4, 0.5) is 13.2 Å². The van der Waals surface area contributed by atoms with Crippen molar-refractivity contribution in [2.45, 2.75) is 46.8 Å². The van der Waals surface area contributed by atoms with Gasteiger partial charge in [-0.1, -0.05) is 0 Å². The van der Waals surface area contributed by atoms with Gasteiger partial charge in [0, 0.05) is 0 Å². The first kappa shape index (κ1) is 18.0. The molecule has 1 N–H and O–H groups in total. The molecule has 0 aliphatic carbocycles. The van der Waals surface area contributed by atoms with Crippen LogP contribution in [0.5, 0.6) is 0 Å². The molecule has 1 aromatic carbocycles. The molecule has 0 spiro atoms. The molecule has 21 heavy (non-hydrogen) atoms. The molecule has 5 heteroatoms. The van der Waals surface area contributed by atoms with E-state index in [1.807, 2.05) is 27.7 Å². The lowest BCUT2D eigenvalue weighted by molar-refractivity contribution is -0.175. The maximum atomic E-state index is 12.2. The molecule has 120 valence electrons. The zero-order chi connectivity index (χ0) is 16.4. The van der Waals surface area contributed by atoms with Gasteiger partial charge in [0.2, 0.25) is 0 Å². The van der Waals surface area contributed by atoms with Crippen molar-refractivity contribution in [2.24, 2.45) is 0 Å². The first-order valence-corrected chi connectivity index (χ1v) is 6.98. The lowest BCUT2D eigenvalue weighted by Gasteiger charge is -2.25. The van der Waals surface area contributed by atoms with E-state index in [9.17, 15) is 13.2 Å². The molecule has 1 unspecified atom stereocenters. The molecule has 0 aliphatic heterocycles. The van der Waals surface area contributed by atoms with E-state index in [4.69, 9.17) is 4.74 Å². The fourth-order valence-electron chi connectivity index (χ4n) is 2.66. The van der Waals surface area contributed by atoms with Crippen LogP contribution in [-0.4, -0.2) is 26.4 Å². The van der Waals surface area contributed by atoms with E-state index in [-0.39, 0.29) is 12.6 Å². The van der Waals surface area contributed by atoms with Gasteiger partial charge in [0.25, 0.3) is 0 Å². The van der Waals surface area contributed by atoms with Crippen molar-refractivity contribution in [1.82, 2.24) is 5.32 Å². The standard InChI is InChI=1S/C16H24F3NO/c1-9-10(2)12(4)15(13(5)11(9)3)14(20-6)7-21-8-16(17,18)19/h14,20H,7-8H2,1-6H3. The Labute approximate surface area is 124 Å². The van der Waals surface area contributed by atoms with Gasteiger partial charge in [-0.05, 0) is 75.0 Å². The summed E-state index contributed by atoms with van der Waals surface area (Å²) < 4.78 is 41.5. The van der Waals surface area contributed by atoms with Gasteiger partial charge in [-0.3, -0.25) is 0 Å². The molecule has 1 rings (SSSR count). The van der Waals surface area contributed by atoms with Crippen LogP contribution in [0.2, 0.25) is 0 Å². The smallest absolute Gasteiger partial charge is 0.370 e. The molecule has 0 amide bonds. The lowest BCUT2D eigenvalue weighted by Crippen LogP contribution is -2.27. The zero-order valence-electron chi connectivity index (χ0n) is 13.5. The minimum atomic E-state index is -4.29. The molecular formula is C16H24F3NO. The highest BCUT2D eigenvalue weighted by molar-refractivity contribution is 5.50. The number of nitrogens with one attached hydrogen (secondary N) is 1. The van der Waals surface area contributed by atoms with E-state index in [2.05, 4.69) is 12.2 Å². The Balaban J connectivity index is 3.06. The van der Waals surface area contributed by atoms with Gasteiger partial charge in [0.1, 0.15) is 6.61 Å². The lowest BCUT2D eigenvalue weighted by atomic mass is 9.86. The van der Waals surface area contributed by atoms with Gasteiger partial charge in [-0.2, -0.15) is 13.2 Å². The highest BCUT2D eigenvalue weighted by Crippen LogP contribution is 2.30. The molecule has 0 radical (unpaired) electrons. The number of rotatable bonds is 5. The molecule has 0 saturated carbocycles. The van der Waals surface area contributed by atoms with E-state index in [0.29, 0.717) is 0 Å². The third kappa shape index (κ3) is 4.20. The second-order valence-electron chi connectivity index (χ2n) is 5.51. The van der Waals surface area contributed by atoms with Crippen molar-refractivity contribution >= 4 is 0 Å². The average molecular weight is 303 g/mol. The summed E-state index contributed by atoms with van der Waals surface area (Å²) in [5.74, 6) is 0. The minimum Gasteiger partial charge on any atom is -0.370 e. The van der Waals surface area contributed by atoms with Gasteiger partial charge < -0.3 is 10.1 Å². The van der Waals surface area contributed by atoms with Crippen molar-refractivity contribution < 1.29 is 17.9 Å². The van der Waals surface area contributed by atoms with Crippen LogP contribution in [0.1, 0.15) is 39.4 Å². The molecule has 0 heterocycles. The van der Waals surface area contributed by atoms with E-state index in [1.54, 1.807) is 7.05 Å². The van der Waals surface area contributed by atoms with Gasteiger partial charge in [0.05, 0.1) is 12.6 Å². The molecule has 2 nitrogen and oxygen atoms in total. The van der Waals surface area contributed by atoms with E-state index in [0.717, 1.165) is 16.7 Å². The Hall–Kier alpha value is -1.07. The third-order valence-electron chi connectivity index (χ3n) is 4.31. The quantitative estimate of drug-likeness (QED) is 0.885. The number of hydrogen-bond donors (Lipinski definition) is 1. The molecule has 0 bridgehead atoms. The van der Waals surface area contributed by atoms with Crippen molar-refractivity contribution in [2.75, 3.05) is 20.3 Å². The van der Waals surface area contributed by atoms with Gasteiger partial charge in [-0.15, -0.1) is 0 Å². The molecular weight excluding hydrogens is 279 g/mol. The topological polar surface area (TPSA) is 21.3 Å². The van der Waals surface area contributed by atoms with Gasteiger partial charge in [0.15, 0.2) is 0 Å². The van der Waals surface area contributed by atoms with E-state index in [1.165, 1.54) is 16.7 Å². The summed E-state index contributed by atoms with van der Waals surface area (Å²) in [5.41, 5.74) is 6.88. The van der Waals surface area contributed by atoms with Crippen LogP contribution in [0, 0.1) is 34.6 Å². The summed E-state index contributed by atoms with van der Waals surface area (Å²) in [6.07, 6.45) is -4.29. The van der Waals surface area contributed by atoms with Crippen LogP contribution in [0.15, 0.2) is 0 Å². The van der Waals surface area contributed by atoms with Gasteiger partial charge >= 0.3 is 6.18 Å². The van der Waals surface area contributed by atoms with Crippen molar-refractivity contribution in [3.63, 3.8) is 0 Å². The summed E-state index contributed by atoms with van der Waals surface area (Å²) >= 11 is 0. The number of likely N-dealkylation sites (N-methyl/N-ethyl adjacent to an activating group) is 1. The monoisotopic (exact) mass is 303 g/mol. The van der Waals surface area contributed by atoms with Crippen molar-refractivity contribution in [3.05, 3.63) is 33.4 Å². The Morgan fingerprint density at radius 2 is 1.33 bits per heavy atom. The minimum absolute atomic E-state index is 0.000366. The average Bonchev–Trinajstić information content (AvgIpc) is 2.40. The van der Waals surface area contributed by atoms with E-state index < -0.39 is 12.8 Å². The summed E-state index contributed by atoms with van der Waals surface area (Å²) in [6.45, 7) is 8.97. The Morgan fingerprint density at radius 3 is 1.71 bits per heavy atom. The fraction of sp³-hybridized carbons (Fsp3) is 0.625. The second-order valence-corrected chi connectivity index (χ2v) is 5.51. The number of benzene rings is 1. The SMILES string of the molecule is CNC(COCC(F)(F)F)c1c(C)c(C)c(C)c(C)c1C. The Kier molecular flexibility index (Phi) is 5.82. The molecule has 0 saturated heterocycles.